The number of primary amides is 1. The Bertz CT molecular complexity index is 1370. The molecule has 1 aromatic heterocycles. The van der Waals surface area contributed by atoms with Crippen molar-refractivity contribution in [1.29, 1.82) is 0 Å². The highest BCUT2D eigenvalue weighted by Gasteiger charge is 2.12. The third kappa shape index (κ3) is 4.00. The van der Waals surface area contributed by atoms with Crippen molar-refractivity contribution in [3.8, 4) is 28.6 Å². The average Bonchev–Trinajstić information content (AvgIpc) is 2.83. The van der Waals surface area contributed by atoms with Crippen molar-refractivity contribution in [2.75, 3.05) is 21.3 Å². The second-order valence-electron chi connectivity index (χ2n) is 6.92. The first-order valence-corrected chi connectivity index (χ1v) is 9.82. The summed E-state index contributed by atoms with van der Waals surface area (Å²) in [6.07, 6.45) is 0. The molecule has 0 aliphatic heterocycles. The van der Waals surface area contributed by atoms with Crippen molar-refractivity contribution in [1.82, 2.24) is 0 Å². The summed E-state index contributed by atoms with van der Waals surface area (Å²) < 4.78 is 22.3. The first-order valence-electron chi connectivity index (χ1n) is 9.82. The molecule has 0 fully saturated rings. The lowest BCUT2D eigenvalue weighted by atomic mass is 10.1. The number of carbonyl (C=O) groups excluding carboxylic acids is 1. The van der Waals surface area contributed by atoms with Crippen LogP contribution < -0.4 is 25.3 Å². The standard InChI is InChI=1S/C25H22N2O5/c1-29-16-9-11-21-18(13-16)20(27-19-7-5-4-6-17(19)25(26)28)14-23(32-21)15-8-10-22(30-2)24(12-15)31-3/h4-14H,1-3H3,(H2,26,28). The molecule has 0 bridgehead atoms. The summed E-state index contributed by atoms with van der Waals surface area (Å²) in [5.41, 5.74) is 7.72. The molecule has 0 aliphatic rings. The number of nitrogens with two attached hydrogens (primary N) is 1. The Kier molecular flexibility index (Phi) is 5.81. The number of rotatable bonds is 6. The number of ether oxygens (including phenoxy) is 3. The average molecular weight is 430 g/mol. The third-order valence-electron chi connectivity index (χ3n) is 5.03. The molecule has 2 N–H and O–H groups in total. The van der Waals surface area contributed by atoms with Crippen LogP contribution in [-0.4, -0.2) is 27.2 Å². The Morgan fingerprint density at radius 1 is 0.875 bits per heavy atom. The monoisotopic (exact) mass is 430 g/mol. The maximum atomic E-state index is 11.9. The highest BCUT2D eigenvalue weighted by atomic mass is 16.5. The van der Waals surface area contributed by atoms with Gasteiger partial charge in [-0.3, -0.25) is 4.79 Å². The van der Waals surface area contributed by atoms with Crippen LogP contribution in [0.5, 0.6) is 17.2 Å². The number of benzene rings is 3. The van der Waals surface area contributed by atoms with E-state index in [2.05, 4.69) is 0 Å². The molecule has 3 aromatic carbocycles. The van der Waals surface area contributed by atoms with Crippen LogP contribution in [0.1, 0.15) is 10.4 Å². The van der Waals surface area contributed by atoms with Crippen LogP contribution in [0.4, 0.5) is 5.69 Å². The van der Waals surface area contributed by atoms with E-state index in [9.17, 15) is 4.79 Å². The Morgan fingerprint density at radius 2 is 1.66 bits per heavy atom. The molecule has 7 nitrogen and oxygen atoms in total. The Morgan fingerprint density at radius 3 is 2.38 bits per heavy atom. The van der Waals surface area contributed by atoms with Gasteiger partial charge in [0.05, 0.1) is 37.9 Å². The van der Waals surface area contributed by atoms with Crippen molar-refractivity contribution in [2.45, 2.75) is 0 Å². The van der Waals surface area contributed by atoms with Crippen molar-refractivity contribution in [3.05, 3.63) is 77.7 Å². The highest BCUT2D eigenvalue weighted by molar-refractivity contribution is 5.97. The van der Waals surface area contributed by atoms with Crippen molar-refractivity contribution in [3.63, 3.8) is 0 Å². The molecule has 4 aromatic rings. The second-order valence-corrected chi connectivity index (χ2v) is 6.92. The maximum Gasteiger partial charge on any atom is 0.250 e. The predicted octanol–water partition coefficient (Wildman–Crippen LogP) is 4.46. The zero-order valence-corrected chi connectivity index (χ0v) is 17.9. The van der Waals surface area contributed by atoms with Gasteiger partial charge in [-0.05, 0) is 48.5 Å². The van der Waals surface area contributed by atoms with Gasteiger partial charge in [0.1, 0.15) is 17.1 Å². The van der Waals surface area contributed by atoms with E-state index in [1.165, 1.54) is 0 Å². The zero-order valence-electron chi connectivity index (χ0n) is 17.9. The van der Waals surface area contributed by atoms with E-state index in [1.807, 2.05) is 30.3 Å². The fourth-order valence-electron chi connectivity index (χ4n) is 3.41. The lowest BCUT2D eigenvalue weighted by Crippen LogP contribution is -2.12. The summed E-state index contributed by atoms with van der Waals surface area (Å²) in [6, 6.07) is 19.7. The minimum atomic E-state index is -0.549. The number of nitrogens with zero attached hydrogens (tertiary/aromatic N) is 1. The maximum absolute atomic E-state index is 11.9. The molecule has 0 spiro atoms. The number of carbonyl (C=O) groups is 1. The van der Waals surface area contributed by atoms with Crippen molar-refractivity contribution in [2.24, 2.45) is 10.7 Å². The molecule has 1 heterocycles. The molecule has 0 saturated heterocycles. The van der Waals surface area contributed by atoms with Gasteiger partial charge in [0.2, 0.25) is 0 Å². The third-order valence-corrected chi connectivity index (χ3v) is 5.03. The SMILES string of the molecule is COc1ccc2oc(-c3ccc(OC)c(OC)c3)cc(=Nc3ccccc3C(N)=O)c2c1. The van der Waals surface area contributed by atoms with E-state index in [-0.39, 0.29) is 0 Å². The molecule has 4 rings (SSSR count). The van der Waals surface area contributed by atoms with E-state index in [1.54, 1.807) is 57.7 Å². The molecule has 162 valence electrons. The van der Waals surface area contributed by atoms with E-state index < -0.39 is 5.91 Å². The van der Waals surface area contributed by atoms with Crippen LogP contribution in [0.15, 0.2) is 76.1 Å². The fraction of sp³-hybridized carbons (Fsp3) is 0.120. The summed E-state index contributed by atoms with van der Waals surface area (Å²) >= 11 is 0. The molecule has 0 atom stereocenters. The van der Waals surface area contributed by atoms with Crippen LogP contribution in [0.25, 0.3) is 22.3 Å². The normalized spacial score (nSPS) is 11.4. The van der Waals surface area contributed by atoms with Gasteiger partial charge < -0.3 is 24.4 Å². The van der Waals surface area contributed by atoms with Gasteiger partial charge in [-0.15, -0.1) is 0 Å². The quantitative estimate of drug-likeness (QED) is 0.487. The smallest absolute Gasteiger partial charge is 0.250 e. The Hall–Kier alpha value is -4.26. The topological polar surface area (TPSA) is 96.3 Å². The van der Waals surface area contributed by atoms with Gasteiger partial charge in [-0.1, -0.05) is 12.1 Å². The van der Waals surface area contributed by atoms with E-state index in [0.29, 0.717) is 45.2 Å². The number of hydrogen-bond donors (Lipinski definition) is 1. The van der Waals surface area contributed by atoms with E-state index >= 15 is 0 Å². The second kappa shape index (κ2) is 8.85. The van der Waals surface area contributed by atoms with Gasteiger partial charge >= 0.3 is 0 Å². The highest BCUT2D eigenvalue weighted by Crippen LogP contribution is 2.33. The van der Waals surface area contributed by atoms with Crippen LogP contribution in [0.3, 0.4) is 0 Å². The fourth-order valence-corrected chi connectivity index (χ4v) is 3.41. The largest absolute Gasteiger partial charge is 0.497 e. The minimum absolute atomic E-state index is 0.331. The lowest BCUT2D eigenvalue weighted by molar-refractivity contribution is 0.100. The van der Waals surface area contributed by atoms with Gasteiger partial charge in [0.25, 0.3) is 5.91 Å². The van der Waals surface area contributed by atoms with Gasteiger partial charge in [-0.2, -0.15) is 0 Å². The first kappa shape index (κ1) is 21.0. The Labute approximate surface area is 184 Å². The molecule has 1 amide bonds. The lowest BCUT2D eigenvalue weighted by Gasteiger charge is -2.11. The van der Waals surface area contributed by atoms with Crippen LogP contribution in [0.2, 0.25) is 0 Å². The summed E-state index contributed by atoms with van der Waals surface area (Å²) in [7, 11) is 4.75. The van der Waals surface area contributed by atoms with Crippen LogP contribution in [0, 0.1) is 0 Å². The summed E-state index contributed by atoms with van der Waals surface area (Å²) in [5.74, 6) is 1.87. The number of amides is 1. The van der Waals surface area contributed by atoms with Gasteiger partial charge in [-0.25, -0.2) is 4.99 Å². The van der Waals surface area contributed by atoms with Crippen LogP contribution in [-0.2, 0) is 0 Å². The zero-order chi connectivity index (χ0) is 22.7. The van der Waals surface area contributed by atoms with Crippen molar-refractivity contribution < 1.29 is 23.4 Å². The Balaban J connectivity index is 2.00. The number of fused-ring (bicyclic) bond motifs is 1. The molecule has 0 unspecified atom stereocenters. The van der Waals surface area contributed by atoms with E-state index in [4.69, 9.17) is 29.4 Å². The number of methoxy groups -OCH3 is 3. The number of hydrogen-bond acceptors (Lipinski definition) is 6. The summed E-state index contributed by atoms with van der Waals surface area (Å²) in [4.78, 5) is 16.6. The van der Waals surface area contributed by atoms with Crippen molar-refractivity contribution >= 4 is 22.6 Å². The molecule has 7 heteroatoms. The van der Waals surface area contributed by atoms with Gasteiger partial charge in [0, 0.05) is 17.0 Å². The predicted molar refractivity (Wildman–Crippen MR) is 121 cm³/mol. The molecule has 0 saturated carbocycles. The van der Waals surface area contributed by atoms with E-state index in [0.717, 1.165) is 10.9 Å². The molecule has 0 aliphatic carbocycles. The first-order chi connectivity index (χ1) is 15.5. The summed E-state index contributed by atoms with van der Waals surface area (Å²) in [6.45, 7) is 0. The molecule has 32 heavy (non-hydrogen) atoms. The van der Waals surface area contributed by atoms with Crippen LogP contribution >= 0.6 is 0 Å². The molecular formula is C25H22N2O5. The summed E-state index contributed by atoms with van der Waals surface area (Å²) in [5, 5.41) is 1.33. The molecular weight excluding hydrogens is 408 g/mol. The molecule has 0 radical (unpaired) electrons. The minimum Gasteiger partial charge on any atom is -0.497 e. The number of para-hydroxylation sites is 1. The van der Waals surface area contributed by atoms with Gasteiger partial charge in [0.15, 0.2) is 11.5 Å².